The first-order valence-electron chi connectivity index (χ1n) is 8.22. The van der Waals surface area contributed by atoms with Crippen molar-refractivity contribution < 1.29 is 4.74 Å². The van der Waals surface area contributed by atoms with Crippen LogP contribution in [0.15, 0.2) is 48.5 Å². The minimum Gasteiger partial charge on any atom is -0.380 e. The third-order valence-electron chi connectivity index (χ3n) is 5.34. The van der Waals surface area contributed by atoms with E-state index in [9.17, 15) is 0 Å². The summed E-state index contributed by atoms with van der Waals surface area (Å²) in [5, 5.41) is 1.62. The normalized spacial score (nSPS) is 20.3. The van der Waals surface area contributed by atoms with E-state index in [0.717, 1.165) is 23.3 Å². The monoisotopic (exact) mass is 346 g/mol. The van der Waals surface area contributed by atoms with Crippen molar-refractivity contribution in [3.05, 3.63) is 69.7 Å². The van der Waals surface area contributed by atoms with E-state index in [-0.39, 0.29) is 10.8 Å². The molecule has 3 heteroatoms. The zero-order valence-corrected chi connectivity index (χ0v) is 14.5. The van der Waals surface area contributed by atoms with Crippen LogP contribution in [0.3, 0.4) is 0 Å². The van der Waals surface area contributed by atoms with Gasteiger partial charge < -0.3 is 4.74 Å². The Morgan fingerprint density at radius 2 is 1.17 bits per heavy atom. The molecule has 0 saturated heterocycles. The fourth-order valence-electron chi connectivity index (χ4n) is 3.41. The Hall–Kier alpha value is -1.02. The highest BCUT2D eigenvalue weighted by atomic mass is 35.5. The Bertz CT molecular complexity index is 656. The second-order valence-electron chi connectivity index (χ2n) is 7.07. The highest BCUT2D eigenvalue weighted by molar-refractivity contribution is 6.30. The Kier molecular flexibility index (Phi) is 3.91. The summed E-state index contributed by atoms with van der Waals surface area (Å²) in [7, 11) is 0. The molecule has 0 aliphatic heterocycles. The van der Waals surface area contributed by atoms with Crippen LogP contribution in [0.25, 0.3) is 0 Å². The molecule has 0 radical (unpaired) electrons. The van der Waals surface area contributed by atoms with Crippen molar-refractivity contribution in [3.8, 4) is 0 Å². The van der Waals surface area contributed by atoms with E-state index in [2.05, 4.69) is 24.3 Å². The lowest BCUT2D eigenvalue weighted by Gasteiger charge is -2.20. The fourth-order valence-corrected chi connectivity index (χ4v) is 3.79. The molecular weight excluding hydrogens is 327 g/mol. The predicted octanol–water partition coefficient (Wildman–Crippen LogP) is 5.77. The van der Waals surface area contributed by atoms with Gasteiger partial charge in [0.2, 0.25) is 0 Å². The molecule has 0 amide bonds. The summed E-state index contributed by atoms with van der Waals surface area (Å²) in [4.78, 5) is 0. The molecule has 0 bridgehead atoms. The first-order valence-corrected chi connectivity index (χ1v) is 8.98. The van der Waals surface area contributed by atoms with Crippen molar-refractivity contribution in [2.75, 3.05) is 13.2 Å². The lowest BCUT2D eigenvalue weighted by Crippen LogP contribution is -2.21. The summed E-state index contributed by atoms with van der Waals surface area (Å²) >= 11 is 12.3. The Morgan fingerprint density at radius 3 is 1.52 bits per heavy atom. The molecule has 0 aromatic heterocycles. The summed E-state index contributed by atoms with van der Waals surface area (Å²) < 4.78 is 6.19. The van der Waals surface area contributed by atoms with Gasteiger partial charge in [-0.2, -0.15) is 0 Å². The van der Waals surface area contributed by atoms with Crippen LogP contribution in [0.5, 0.6) is 0 Å². The summed E-state index contributed by atoms with van der Waals surface area (Å²) in [6, 6.07) is 16.4. The van der Waals surface area contributed by atoms with Crippen molar-refractivity contribution in [3.63, 3.8) is 0 Å². The summed E-state index contributed by atoms with van der Waals surface area (Å²) in [6.45, 7) is 1.57. The number of hydrogen-bond donors (Lipinski definition) is 0. The van der Waals surface area contributed by atoms with Gasteiger partial charge in [-0.15, -0.1) is 0 Å². The first-order chi connectivity index (χ1) is 11.1. The predicted molar refractivity (Wildman–Crippen MR) is 95.5 cm³/mol. The third-order valence-corrected chi connectivity index (χ3v) is 5.81. The molecule has 2 aliphatic carbocycles. The van der Waals surface area contributed by atoms with Crippen LogP contribution in [0.1, 0.15) is 36.8 Å². The SMILES string of the molecule is Clc1cccc(C2(COCC3(c4cccc(Cl)c4)CC3)CC2)c1. The lowest BCUT2D eigenvalue weighted by molar-refractivity contribution is 0.0945. The molecular formula is C20H20Cl2O. The average Bonchev–Trinajstić information content (AvgIpc) is 3.44. The Morgan fingerprint density at radius 1 is 0.739 bits per heavy atom. The smallest absolute Gasteiger partial charge is 0.0563 e. The van der Waals surface area contributed by atoms with Crippen molar-refractivity contribution in [1.29, 1.82) is 0 Å². The summed E-state index contributed by atoms with van der Waals surface area (Å²) in [5.74, 6) is 0. The maximum atomic E-state index is 6.19. The minimum atomic E-state index is 0.190. The third kappa shape index (κ3) is 3.15. The Balaban J connectivity index is 1.41. The van der Waals surface area contributed by atoms with Gasteiger partial charge in [-0.05, 0) is 61.1 Å². The van der Waals surface area contributed by atoms with E-state index in [1.165, 1.54) is 36.8 Å². The van der Waals surface area contributed by atoms with Crippen LogP contribution in [0.4, 0.5) is 0 Å². The molecule has 4 rings (SSSR count). The zero-order valence-electron chi connectivity index (χ0n) is 13.0. The van der Waals surface area contributed by atoms with Crippen molar-refractivity contribution in [2.24, 2.45) is 0 Å². The standard InChI is InChI=1S/C20H20Cl2O/c21-17-5-1-3-15(11-17)19(7-8-19)13-23-14-20(9-10-20)16-4-2-6-18(22)12-16/h1-6,11-12H,7-10,13-14H2. The van der Waals surface area contributed by atoms with Crippen molar-refractivity contribution >= 4 is 23.2 Å². The molecule has 0 spiro atoms. The quantitative estimate of drug-likeness (QED) is 0.644. The van der Waals surface area contributed by atoms with Gasteiger partial charge in [0, 0.05) is 20.9 Å². The maximum absolute atomic E-state index is 6.19. The first kappa shape index (κ1) is 15.5. The lowest BCUT2D eigenvalue weighted by atomic mass is 9.95. The zero-order chi connectivity index (χ0) is 15.9. The van der Waals surface area contributed by atoms with Crippen LogP contribution < -0.4 is 0 Å². The molecule has 2 fully saturated rings. The molecule has 0 atom stereocenters. The van der Waals surface area contributed by atoms with E-state index in [0.29, 0.717) is 0 Å². The van der Waals surface area contributed by atoms with E-state index < -0.39 is 0 Å². The van der Waals surface area contributed by atoms with Crippen LogP contribution in [-0.2, 0) is 15.6 Å². The minimum absolute atomic E-state index is 0.190. The number of rotatable bonds is 6. The van der Waals surface area contributed by atoms with Gasteiger partial charge in [-0.3, -0.25) is 0 Å². The maximum Gasteiger partial charge on any atom is 0.0563 e. The number of ether oxygens (including phenoxy) is 1. The number of benzene rings is 2. The molecule has 0 unspecified atom stereocenters. The molecule has 1 nitrogen and oxygen atoms in total. The van der Waals surface area contributed by atoms with Crippen molar-refractivity contribution in [2.45, 2.75) is 36.5 Å². The Labute approximate surface area is 147 Å². The van der Waals surface area contributed by atoms with Gasteiger partial charge >= 0.3 is 0 Å². The molecule has 0 heterocycles. The van der Waals surface area contributed by atoms with E-state index in [4.69, 9.17) is 27.9 Å². The second kappa shape index (κ2) is 5.81. The molecule has 0 N–H and O–H groups in total. The van der Waals surface area contributed by atoms with Gasteiger partial charge in [-0.25, -0.2) is 0 Å². The molecule has 2 saturated carbocycles. The van der Waals surface area contributed by atoms with Gasteiger partial charge in [0.15, 0.2) is 0 Å². The van der Waals surface area contributed by atoms with Gasteiger partial charge in [0.05, 0.1) is 13.2 Å². The summed E-state index contributed by atoms with van der Waals surface area (Å²) in [5.41, 5.74) is 3.01. The second-order valence-corrected chi connectivity index (χ2v) is 7.95. The van der Waals surface area contributed by atoms with Crippen LogP contribution in [-0.4, -0.2) is 13.2 Å². The number of halogens is 2. The van der Waals surface area contributed by atoms with Crippen LogP contribution in [0.2, 0.25) is 10.0 Å². The molecule has 120 valence electrons. The van der Waals surface area contributed by atoms with Crippen LogP contribution >= 0.6 is 23.2 Å². The van der Waals surface area contributed by atoms with Crippen molar-refractivity contribution in [1.82, 2.24) is 0 Å². The average molecular weight is 347 g/mol. The van der Waals surface area contributed by atoms with Crippen LogP contribution in [0, 0.1) is 0 Å². The highest BCUT2D eigenvalue weighted by Crippen LogP contribution is 2.51. The fraction of sp³-hybridized carbons (Fsp3) is 0.400. The van der Waals surface area contributed by atoms with E-state index in [1.807, 2.05) is 24.3 Å². The van der Waals surface area contributed by atoms with Gasteiger partial charge in [-0.1, -0.05) is 47.5 Å². The molecule has 2 aromatic rings. The number of hydrogen-bond acceptors (Lipinski definition) is 1. The van der Waals surface area contributed by atoms with E-state index in [1.54, 1.807) is 0 Å². The summed E-state index contributed by atoms with van der Waals surface area (Å²) in [6.07, 6.45) is 4.77. The largest absolute Gasteiger partial charge is 0.380 e. The van der Waals surface area contributed by atoms with Gasteiger partial charge in [0.1, 0.15) is 0 Å². The molecule has 23 heavy (non-hydrogen) atoms. The topological polar surface area (TPSA) is 9.23 Å². The molecule has 2 aliphatic rings. The van der Waals surface area contributed by atoms with E-state index >= 15 is 0 Å². The molecule has 2 aromatic carbocycles. The van der Waals surface area contributed by atoms with Gasteiger partial charge in [0.25, 0.3) is 0 Å². The highest BCUT2D eigenvalue weighted by Gasteiger charge is 2.48.